The van der Waals surface area contributed by atoms with E-state index in [1.165, 1.54) is 12.8 Å². The Morgan fingerprint density at radius 2 is 1.23 bits per heavy atom. The number of hydrogen-bond donors (Lipinski definition) is 0. The van der Waals surface area contributed by atoms with E-state index < -0.39 is 0 Å². The highest BCUT2D eigenvalue weighted by Gasteiger charge is 2.24. The molecule has 0 amide bonds. The molecule has 0 aliphatic rings. The molecule has 0 unspecified atom stereocenters. The number of ether oxygens (including phenoxy) is 3. The maximum Gasteiger partial charge on any atom is 0.195 e. The average molecular weight is 429 g/mol. The molecule has 0 saturated heterocycles. The molecular formula is C25H29ClO4. The first-order valence-corrected chi connectivity index (χ1v) is 11.1. The largest absolute Gasteiger partial charge is 0.491 e. The van der Waals surface area contributed by atoms with Crippen LogP contribution < -0.4 is 10.2 Å². The van der Waals surface area contributed by atoms with Crippen LogP contribution in [0.15, 0.2) is 59.4 Å². The van der Waals surface area contributed by atoms with Crippen molar-refractivity contribution in [3.8, 4) is 28.0 Å². The Morgan fingerprint density at radius 3 is 1.93 bits per heavy atom. The van der Waals surface area contributed by atoms with Crippen molar-refractivity contribution in [1.29, 1.82) is 0 Å². The van der Waals surface area contributed by atoms with Crippen LogP contribution in [0.4, 0.5) is 0 Å². The summed E-state index contributed by atoms with van der Waals surface area (Å²) in [5.74, 6) is 1.51. The fourth-order valence-electron chi connectivity index (χ4n) is 3.24. The second kappa shape index (κ2) is 12.5. The summed E-state index contributed by atoms with van der Waals surface area (Å²) < 4.78 is 16.8. The first kappa shape index (κ1) is 22.5. The molecule has 0 aromatic heterocycles. The minimum atomic E-state index is 0.126. The zero-order valence-corrected chi connectivity index (χ0v) is 18.0. The fourth-order valence-corrected chi connectivity index (χ4v) is 3.43. The van der Waals surface area contributed by atoms with E-state index in [1.54, 1.807) is 0 Å². The normalized spacial score (nSPS) is 11.2. The maximum absolute atomic E-state index is 12.2. The first-order valence-electron chi connectivity index (χ1n) is 10.6. The molecular weight excluding hydrogens is 400 g/mol. The Bertz CT molecular complexity index is 867. The van der Waals surface area contributed by atoms with Crippen LogP contribution in [0, 0.1) is 0 Å². The molecule has 3 rings (SSSR count). The molecule has 0 N–H and O–H groups in total. The zero-order valence-electron chi connectivity index (χ0n) is 17.3. The number of unbranched alkanes of at least 4 members (excludes halogenated alkanes) is 3. The molecule has 0 aliphatic heterocycles. The van der Waals surface area contributed by atoms with Crippen LogP contribution in [-0.4, -0.2) is 38.9 Å². The molecule has 4 nitrogen and oxygen atoms in total. The molecule has 0 heterocycles. The zero-order chi connectivity index (χ0) is 21.0. The van der Waals surface area contributed by atoms with Crippen LogP contribution >= 0.6 is 11.6 Å². The lowest BCUT2D eigenvalue weighted by atomic mass is 10.1. The summed E-state index contributed by atoms with van der Waals surface area (Å²) in [5.41, 5.74) is 3.65. The molecule has 5 heteroatoms. The summed E-state index contributed by atoms with van der Waals surface area (Å²) in [4.78, 5) is 12.2. The van der Waals surface area contributed by atoms with Crippen molar-refractivity contribution in [3.05, 3.63) is 64.8 Å². The van der Waals surface area contributed by atoms with Gasteiger partial charge in [-0.3, -0.25) is 4.79 Å². The van der Waals surface area contributed by atoms with Crippen molar-refractivity contribution in [2.75, 3.05) is 38.9 Å². The van der Waals surface area contributed by atoms with E-state index in [-0.39, 0.29) is 5.43 Å². The molecule has 0 spiro atoms. The van der Waals surface area contributed by atoms with Crippen LogP contribution in [0.5, 0.6) is 5.75 Å². The Kier molecular flexibility index (Phi) is 9.42. The van der Waals surface area contributed by atoms with Gasteiger partial charge >= 0.3 is 0 Å². The SMILES string of the molecule is O=c1c(-c2ccccc2)c1-c1ccc(OCCOCCOCCCCCCCl)cc1. The molecule has 0 atom stereocenters. The van der Waals surface area contributed by atoms with Crippen molar-refractivity contribution in [2.24, 2.45) is 0 Å². The van der Waals surface area contributed by atoms with Gasteiger partial charge in [0.05, 0.1) is 19.8 Å². The van der Waals surface area contributed by atoms with E-state index in [0.29, 0.717) is 26.4 Å². The van der Waals surface area contributed by atoms with E-state index in [2.05, 4.69) is 0 Å². The summed E-state index contributed by atoms with van der Waals surface area (Å²) >= 11 is 5.64. The van der Waals surface area contributed by atoms with Crippen LogP contribution in [-0.2, 0) is 9.47 Å². The van der Waals surface area contributed by atoms with E-state index in [4.69, 9.17) is 25.8 Å². The van der Waals surface area contributed by atoms with Gasteiger partial charge in [-0.25, -0.2) is 0 Å². The predicted molar refractivity (Wildman–Crippen MR) is 122 cm³/mol. The lowest BCUT2D eigenvalue weighted by Gasteiger charge is -2.08. The first-order chi connectivity index (χ1) is 14.8. The van der Waals surface area contributed by atoms with Gasteiger partial charge in [0.15, 0.2) is 5.43 Å². The molecule has 3 aromatic carbocycles. The van der Waals surface area contributed by atoms with Crippen molar-refractivity contribution >= 4 is 11.6 Å². The van der Waals surface area contributed by atoms with Gasteiger partial charge in [0.2, 0.25) is 0 Å². The van der Waals surface area contributed by atoms with Crippen LogP contribution in [0.3, 0.4) is 0 Å². The summed E-state index contributed by atoms with van der Waals surface area (Å²) in [5, 5.41) is 0. The maximum atomic E-state index is 12.2. The summed E-state index contributed by atoms with van der Waals surface area (Å²) in [6, 6.07) is 17.4. The van der Waals surface area contributed by atoms with Crippen LogP contribution in [0.2, 0.25) is 0 Å². The summed E-state index contributed by atoms with van der Waals surface area (Å²) in [7, 11) is 0. The van der Waals surface area contributed by atoms with Gasteiger partial charge in [-0.2, -0.15) is 0 Å². The minimum Gasteiger partial charge on any atom is -0.491 e. The monoisotopic (exact) mass is 428 g/mol. The van der Waals surface area contributed by atoms with Gasteiger partial charge in [-0.1, -0.05) is 55.3 Å². The van der Waals surface area contributed by atoms with E-state index in [0.717, 1.165) is 53.3 Å². The van der Waals surface area contributed by atoms with Gasteiger partial charge in [0.25, 0.3) is 0 Å². The Balaban J connectivity index is 1.28. The third-order valence-electron chi connectivity index (χ3n) is 4.89. The summed E-state index contributed by atoms with van der Waals surface area (Å²) in [6.45, 7) is 2.95. The van der Waals surface area contributed by atoms with Gasteiger partial charge in [-0.15, -0.1) is 11.6 Å². The van der Waals surface area contributed by atoms with E-state index in [1.807, 2.05) is 54.6 Å². The van der Waals surface area contributed by atoms with Crippen LogP contribution in [0.25, 0.3) is 22.3 Å². The lowest BCUT2D eigenvalue weighted by Crippen LogP contribution is -2.11. The van der Waals surface area contributed by atoms with Crippen molar-refractivity contribution in [2.45, 2.75) is 25.7 Å². The van der Waals surface area contributed by atoms with E-state index in [9.17, 15) is 4.79 Å². The Morgan fingerprint density at radius 1 is 0.633 bits per heavy atom. The molecule has 160 valence electrons. The third kappa shape index (κ3) is 6.98. The average Bonchev–Trinajstić information content (AvgIpc) is 3.46. The fraction of sp³-hybridized carbons (Fsp3) is 0.400. The number of benzene rings is 2. The van der Waals surface area contributed by atoms with Gasteiger partial charge in [0.1, 0.15) is 12.4 Å². The molecule has 0 bridgehead atoms. The van der Waals surface area contributed by atoms with Gasteiger partial charge in [0, 0.05) is 23.6 Å². The second-order valence-corrected chi connectivity index (χ2v) is 7.52. The van der Waals surface area contributed by atoms with Crippen molar-refractivity contribution in [3.63, 3.8) is 0 Å². The predicted octanol–water partition coefficient (Wildman–Crippen LogP) is 5.47. The highest BCUT2D eigenvalue weighted by Crippen LogP contribution is 2.34. The smallest absolute Gasteiger partial charge is 0.195 e. The Hall–Kier alpha value is -2.14. The topological polar surface area (TPSA) is 44.8 Å². The molecule has 0 fully saturated rings. The molecule has 30 heavy (non-hydrogen) atoms. The third-order valence-corrected chi connectivity index (χ3v) is 5.16. The highest BCUT2D eigenvalue weighted by atomic mass is 35.5. The molecule has 0 radical (unpaired) electrons. The number of rotatable bonds is 15. The van der Waals surface area contributed by atoms with Crippen molar-refractivity contribution < 1.29 is 14.2 Å². The highest BCUT2D eigenvalue weighted by molar-refractivity contribution is 6.17. The van der Waals surface area contributed by atoms with Gasteiger partial charge in [-0.05, 0) is 36.1 Å². The summed E-state index contributed by atoms with van der Waals surface area (Å²) in [6.07, 6.45) is 4.49. The Labute approximate surface area is 183 Å². The molecule has 3 aromatic rings. The quantitative estimate of drug-likeness (QED) is 0.238. The van der Waals surface area contributed by atoms with Gasteiger partial charge < -0.3 is 14.2 Å². The lowest BCUT2D eigenvalue weighted by molar-refractivity contribution is 0.0352. The number of alkyl halides is 1. The second-order valence-electron chi connectivity index (χ2n) is 7.15. The minimum absolute atomic E-state index is 0.126. The number of hydrogen-bond acceptors (Lipinski definition) is 4. The molecule has 0 saturated carbocycles. The number of halogens is 1. The van der Waals surface area contributed by atoms with Crippen LogP contribution in [0.1, 0.15) is 25.7 Å². The standard InChI is InChI=1S/C25H29ClO4/c26-14-6-1-2-7-15-28-16-17-29-18-19-30-22-12-10-21(11-13-22)24-23(25(24)27)20-8-4-3-5-9-20/h3-5,8-13H,1-2,6-7,14-19H2. The molecule has 0 aliphatic carbocycles. The van der Waals surface area contributed by atoms with Crippen molar-refractivity contribution in [1.82, 2.24) is 0 Å². The van der Waals surface area contributed by atoms with E-state index >= 15 is 0 Å².